The summed E-state index contributed by atoms with van der Waals surface area (Å²) >= 11 is 12.0. The highest BCUT2D eigenvalue weighted by molar-refractivity contribution is 6.35. The Kier molecular flexibility index (Phi) is 6.11. The molecule has 0 atom stereocenters. The lowest BCUT2D eigenvalue weighted by Crippen LogP contribution is -2.37. The lowest BCUT2D eigenvalue weighted by Gasteiger charge is -2.20. The molecule has 0 saturated carbocycles. The zero-order valence-corrected chi connectivity index (χ0v) is 14.4. The number of rotatable bonds is 6. The molecule has 1 heterocycles. The summed E-state index contributed by atoms with van der Waals surface area (Å²) in [4.78, 5) is 32.6. The van der Waals surface area contributed by atoms with Crippen LogP contribution in [-0.4, -0.2) is 44.9 Å². The van der Waals surface area contributed by atoms with Gasteiger partial charge < -0.3 is 10.0 Å². The summed E-state index contributed by atoms with van der Waals surface area (Å²) in [6.45, 7) is 1.50. The van der Waals surface area contributed by atoms with Crippen molar-refractivity contribution in [2.24, 2.45) is 0 Å². The minimum Gasteiger partial charge on any atom is -0.480 e. The Bertz CT molecular complexity index is 768. The van der Waals surface area contributed by atoms with Crippen molar-refractivity contribution in [3.05, 3.63) is 57.6 Å². The first kappa shape index (κ1) is 18.2. The number of aromatic nitrogens is 2. The number of carboxylic acids is 1. The fraction of sp³-hybridized carbons (Fsp3) is 0.250. The number of hydrogen-bond donors (Lipinski definition) is 1. The zero-order chi connectivity index (χ0) is 17.7. The van der Waals surface area contributed by atoms with Gasteiger partial charge in [-0.15, -0.1) is 0 Å². The molecule has 0 radical (unpaired) electrons. The van der Waals surface area contributed by atoms with Crippen molar-refractivity contribution in [2.75, 3.05) is 13.1 Å². The van der Waals surface area contributed by atoms with Crippen LogP contribution in [0.3, 0.4) is 0 Å². The van der Waals surface area contributed by atoms with Crippen LogP contribution in [0, 0.1) is 6.92 Å². The van der Waals surface area contributed by atoms with Crippen molar-refractivity contribution < 1.29 is 14.7 Å². The summed E-state index contributed by atoms with van der Waals surface area (Å²) in [7, 11) is 0. The van der Waals surface area contributed by atoms with Crippen LogP contribution in [0.4, 0.5) is 0 Å². The minimum absolute atomic E-state index is 0.158. The summed E-state index contributed by atoms with van der Waals surface area (Å²) < 4.78 is 0. The monoisotopic (exact) mass is 367 g/mol. The molecular formula is C16H15Cl2N3O3. The fourth-order valence-corrected chi connectivity index (χ4v) is 2.63. The molecule has 2 aromatic rings. The van der Waals surface area contributed by atoms with Crippen LogP contribution in [0.1, 0.15) is 21.7 Å². The largest absolute Gasteiger partial charge is 0.480 e. The Morgan fingerprint density at radius 2 is 1.96 bits per heavy atom. The molecule has 0 bridgehead atoms. The lowest BCUT2D eigenvalue weighted by atomic mass is 10.1. The second-order valence-corrected chi connectivity index (χ2v) is 5.99. The van der Waals surface area contributed by atoms with Crippen LogP contribution in [-0.2, 0) is 11.2 Å². The van der Waals surface area contributed by atoms with Gasteiger partial charge in [-0.3, -0.25) is 9.59 Å². The van der Waals surface area contributed by atoms with E-state index in [1.54, 1.807) is 25.1 Å². The van der Waals surface area contributed by atoms with E-state index in [0.717, 1.165) is 5.56 Å². The van der Waals surface area contributed by atoms with E-state index in [4.69, 9.17) is 28.3 Å². The number of carboxylic acid groups (broad SMARTS) is 1. The molecule has 1 aromatic heterocycles. The first-order chi connectivity index (χ1) is 11.4. The summed E-state index contributed by atoms with van der Waals surface area (Å²) in [5, 5.41) is 10.0. The van der Waals surface area contributed by atoms with Crippen LogP contribution in [0.5, 0.6) is 0 Å². The first-order valence-electron chi connectivity index (χ1n) is 7.10. The molecule has 0 aliphatic rings. The first-order valence-corrected chi connectivity index (χ1v) is 7.86. The predicted molar refractivity (Wildman–Crippen MR) is 90.5 cm³/mol. The van der Waals surface area contributed by atoms with E-state index in [-0.39, 0.29) is 12.2 Å². The van der Waals surface area contributed by atoms with E-state index >= 15 is 0 Å². The van der Waals surface area contributed by atoms with Gasteiger partial charge in [-0.2, -0.15) is 0 Å². The molecule has 0 fully saturated rings. The molecule has 1 amide bonds. The maximum absolute atomic E-state index is 12.5. The van der Waals surface area contributed by atoms with Crippen LogP contribution >= 0.6 is 23.2 Å². The van der Waals surface area contributed by atoms with E-state index in [9.17, 15) is 9.59 Å². The molecule has 126 valence electrons. The van der Waals surface area contributed by atoms with Crippen LogP contribution < -0.4 is 0 Å². The fourth-order valence-electron chi connectivity index (χ4n) is 2.13. The highest BCUT2D eigenvalue weighted by Crippen LogP contribution is 2.21. The van der Waals surface area contributed by atoms with Gasteiger partial charge >= 0.3 is 5.97 Å². The normalized spacial score (nSPS) is 10.5. The van der Waals surface area contributed by atoms with Gasteiger partial charge in [0.2, 0.25) is 0 Å². The number of carbonyl (C=O) groups is 2. The minimum atomic E-state index is -1.10. The van der Waals surface area contributed by atoms with Gasteiger partial charge in [0.1, 0.15) is 18.6 Å². The van der Waals surface area contributed by atoms with E-state index in [2.05, 4.69) is 9.97 Å². The van der Waals surface area contributed by atoms with Gasteiger partial charge in [0.15, 0.2) is 0 Å². The molecule has 0 saturated heterocycles. The number of aryl methyl sites for hydroxylation is 1. The molecule has 1 N–H and O–H groups in total. The topological polar surface area (TPSA) is 83.4 Å². The summed E-state index contributed by atoms with van der Waals surface area (Å²) in [5.74, 6) is -1.57. The maximum Gasteiger partial charge on any atom is 0.323 e. The Hall–Kier alpha value is -2.18. The average molecular weight is 368 g/mol. The molecule has 6 nitrogen and oxygen atoms in total. The standard InChI is InChI=1S/C16H15Cl2N3O3/c1-10-6-14(20-9-19-10)16(24)21(8-15(22)23)5-4-11-2-3-12(17)7-13(11)18/h2-3,6-7,9H,4-5,8H2,1H3,(H,22,23). The number of benzene rings is 1. The lowest BCUT2D eigenvalue weighted by molar-refractivity contribution is -0.137. The van der Waals surface area contributed by atoms with Crippen molar-refractivity contribution in [2.45, 2.75) is 13.3 Å². The van der Waals surface area contributed by atoms with Gasteiger partial charge in [0.05, 0.1) is 0 Å². The van der Waals surface area contributed by atoms with Crippen LogP contribution in [0.2, 0.25) is 10.0 Å². The van der Waals surface area contributed by atoms with Crippen molar-refractivity contribution in [1.29, 1.82) is 0 Å². The molecule has 0 unspecified atom stereocenters. The SMILES string of the molecule is Cc1cc(C(=O)N(CCc2ccc(Cl)cc2Cl)CC(=O)O)ncn1. The van der Waals surface area contributed by atoms with E-state index < -0.39 is 18.4 Å². The Balaban J connectivity index is 2.16. The summed E-state index contributed by atoms with van der Waals surface area (Å²) in [5.41, 5.74) is 1.57. The number of carbonyl (C=O) groups excluding carboxylic acids is 1. The Morgan fingerprint density at radius 3 is 2.58 bits per heavy atom. The second-order valence-electron chi connectivity index (χ2n) is 5.15. The molecule has 2 rings (SSSR count). The highest BCUT2D eigenvalue weighted by atomic mass is 35.5. The third-order valence-electron chi connectivity index (χ3n) is 3.30. The van der Waals surface area contributed by atoms with Gasteiger partial charge in [0.25, 0.3) is 5.91 Å². The molecule has 0 aliphatic heterocycles. The number of amides is 1. The molecule has 8 heteroatoms. The van der Waals surface area contributed by atoms with E-state index in [0.29, 0.717) is 22.2 Å². The third kappa shape index (κ3) is 4.91. The van der Waals surface area contributed by atoms with Gasteiger partial charge in [0, 0.05) is 22.3 Å². The van der Waals surface area contributed by atoms with Gasteiger partial charge in [-0.05, 0) is 37.1 Å². The van der Waals surface area contributed by atoms with Crippen molar-refractivity contribution >= 4 is 35.1 Å². The number of halogens is 2. The predicted octanol–water partition coefficient (Wildman–Crippen LogP) is 2.86. The number of hydrogen-bond acceptors (Lipinski definition) is 4. The summed E-state index contributed by atoms with van der Waals surface area (Å²) in [6.07, 6.45) is 1.68. The molecule has 24 heavy (non-hydrogen) atoms. The van der Waals surface area contributed by atoms with Crippen LogP contribution in [0.15, 0.2) is 30.6 Å². The third-order valence-corrected chi connectivity index (χ3v) is 3.89. The highest BCUT2D eigenvalue weighted by Gasteiger charge is 2.20. The molecular weight excluding hydrogens is 353 g/mol. The van der Waals surface area contributed by atoms with Crippen molar-refractivity contribution in [3.8, 4) is 0 Å². The van der Waals surface area contributed by atoms with E-state index in [1.165, 1.54) is 17.3 Å². The zero-order valence-electron chi connectivity index (χ0n) is 12.9. The molecule has 0 spiro atoms. The Morgan fingerprint density at radius 1 is 1.21 bits per heavy atom. The van der Waals surface area contributed by atoms with Crippen molar-refractivity contribution in [1.82, 2.24) is 14.9 Å². The van der Waals surface area contributed by atoms with Gasteiger partial charge in [-0.25, -0.2) is 9.97 Å². The quantitative estimate of drug-likeness (QED) is 0.848. The number of nitrogens with zero attached hydrogens (tertiary/aromatic N) is 3. The molecule has 0 aliphatic carbocycles. The van der Waals surface area contributed by atoms with E-state index in [1.807, 2.05) is 0 Å². The van der Waals surface area contributed by atoms with Gasteiger partial charge in [-0.1, -0.05) is 29.3 Å². The van der Waals surface area contributed by atoms with Crippen molar-refractivity contribution in [3.63, 3.8) is 0 Å². The number of aliphatic carboxylic acids is 1. The molecule has 1 aromatic carbocycles. The summed E-state index contributed by atoms with van der Waals surface area (Å²) in [6, 6.07) is 6.57. The Labute approximate surface area is 149 Å². The van der Waals surface area contributed by atoms with Crippen LogP contribution in [0.25, 0.3) is 0 Å². The second kappa shape index (κ2) is 8.08. The maximum atomic E-state index is 12.5. The smallest absolute Gasteiger partial charge is 0.323 e. The average Bonchev–Trinajstić information content (AvgIpc) is 2.51.